The van der Waals surface area contributed by atoms with Crippen molar-refractivity contribution in [3.05, 3.63) is 34.3 Å². The Morgan fingerprint density at radius 3 is 2.58 bits per heavy atom. The first kappa shape index (κ1) is 13.7. The zero-order valence-electron chi connectivity index (χ0n) is 10.0. The second-order valence-electron chi connectivity index (χ2n) is 4.36. The third kappa shape index (κ3) is 2.84. The van der Waals surface area contributed by atoms with Gasteiger partial charge in [-0.15, -0.1) is 0 Å². The van der Waals surface area contributed by atoms with Crippen LogP contribution in [-0.2, 0) is 9.59 Å². The summed E-state index contributed by atoms with van der Waals surface area (Å²) < 4.78 is 0.619. The summed E-state index contributed by atoms with van der Waals surface area (Å²) in [5.74, 6) is -2.49. The Balaban J connectivity index is 2.16. The number of imide groups is 1. The lowest BCUT2D eigenvalue weighted by atomic mass is 9.96. The maximum atomic E-state index is 12.2. The number of carboxylic acid groups (broad SMARTS) is 1. The van der Waals surface area contributed by atoms with Crippen molar-refractivity contribution in [3.8, 4) is 0 Å². The van der Waals surface area contributed by atoms with E-state index in [4.69, 9.17) is 5.11 Å². The molecule has 0 aliphatic carbocycles. The molecule has 5 nitrogen and oxygen atoms in total. The number of rotatable bonds is 2. The van der Waals surface area contributed by atoms with Gasteiger partial charge in [0.25, 0.3) is 5.91 Å². The second kappa shape index (κ2) is 5.52. The summed E-state index contributed by atoms with van der Waals surface area (Å²) in [5, 5.41) is 8.88. The van der Waals surface area contributed by atoms with E-state index in [1.807, 2.05) is 0 Å². The molecule has 1 aromatic rings. The van der Waals surface area contributed by atoms with Gasteiger partial charge in [0.1, 0.15) is 0 Å². The Labute approximate surface area is 118 Å². The normalized spacial score (nSPS) is 19.3. The molecule has 1 unspecified atom stereocenters. The molecule has 1 aliphatic heterocycles. The third-order valence-electron chi connectivity index (χ3n) is 3.12. The van der Waals surface area contributed by atoms with Crippen LogP contribution in [0.2, 0.25) is 0 Å². The number of piperidine rings is 1. The average Bonchev–Trinajstić information content (AvgIpc) is 2.38. The van der Waals surface area contributed by atoms with Crippen LogP contribution in [0.3, 0.4) is 0 Å². The fraction of sp³-hybridized carbons (Fsp3) is 0.308. The minimum Gasteiger partial charge on any atom is -0.481 e. The van der Waals surface area contributed by atoms with E-state index < -0.39 is 17.8 Å². The van der Waals surface area contributed by atoms with E-state index in [0.717, 1.165) is 4.90 Å². The first-order chi connectivity index (χ1) is 9.00. The number of hydrogen-bond acceptors (Lipinski definition) is 3. The van der Waals surface area contributed by atoms with E-state index >= 15 is 0 Å². The monoisotopic (exact) mass is 325 g/mol. The van der Waals surface area contributed by atoms with Crippen LogP contribution in [0.5, 0.6) is 0 Å². The van der Waals surface area contributed by atoms with E-state index in [1.54, 1.807) is 24.3 Å². The van der Waals surface area contributed by atoms with Crippen LogP contribution in [0.25, 0.3) is 0 Å². The number of likely N-dealkylation sites (tertiary alicyclic amines) is 1. The zero-order valence-corrected chi connectivity index (χ0v) is 11.6. The van der Waals surface area contributed by atoms with Gasteiger partial charge in [-0.25, -0.2) is 0 Å². The number of benzene rings is 1. The molecule has 1 fully saturated rings. The van der Waals surface area contributed by atoms with Crippen molar-refractivity contribution in [2.75, 3.05) is 6.54 Å². The lowest BCUT2D eigenvalue weighted by Gasteiger charge is -2.28. The maximum Gasteiger partial charge on any atom is 0.307 e. The van der Waals surface area contributed by atoms with Crippen molar-refractivity contribution >= 4 is 33.7 Å². The summed E-state index contributed by atoms with van der Waals surface area (Å²) in [6, 6.07) is 6.84. The molecule has 0 aromatic heterocycles. The van der Waals surface area contributed by atoms with Gasteiger partial charge in [0.2, 0.25) is 5.91 Å². The van der Waals surface area contributed by atoms with Crippen LogP contribution in [0.1, 0.15) is 23.2 Å². The number of aliphatic carboxylic acids is 1. The molecular formula is C13H12BrNO4. The van der Waals surface area contributed by atoms with Crippen molar-refractivity contribution in [1.82, 2.24) is 4.90 Å². The smallest absolute Gasteiger partial charge is 0.307 e. The summed E-state index contributed by atoms with van der Waals surface area (Å²) >= 11 is 3.27. The summed E-state index contributed by atoms with van der Waals surface area (Å²) in [4.78, 5) is 36.1. The fourth-order valence-electron chi connectivity index (χ4n) is 2.04. The number of hydrogen-bond donors (Lipinski definition) is 1. The lowest BCUT2D eigenvalue weighted by Crippen LogP contribution is -2.44. The van der Waals surface area contributed by atoms with Gasteiger partial charge >= 0.3 is 5.97 Å². The molecule has 100 valence electrons. The van der Waals surface area contributed by atoms with Gasteiger partial charge < -0.3 is 5.11 Å². The van der Waals surface area contributed by atoms with E-state index in [-0.39, 0.29) is 18.9 Å². The van der Waals surface area contributed by atoms with Crippen LogP contribution in [0.15, 0.2) is 28.7 Å². The SMILES string of the molecule is O=C(O)C1CCN(C(=O)c2ccccc2Br)C(=O)C1. The Morgan fingerprint density at radius 2 is 2.00 bits per heavy atom. The highest BCUT2D eigenvalue weighted by Gasteiger charge is 2.34. The summed E-state index contributed by atoms with van der Waals surface area (Å²) in [6.07, 6.45) is 0.183. The highest BCUT2D eigenvalue weighted by Crippen LogP contribution is 2.23. The number of nitrogens with zero attached hydrogens (tertiary/aromatic N) is 1. The van der Waals surface area contributed by atoms with Crippen LogP contribution in [0.4, 0.5) is 0 Å². The molecule has 0 saturated carbocycles. The van der Waals surface area contributed by atoms with Crippen LogP contribution < -0.4 is 0 Å². The van der Waals surface area contributed by atoms with Crippen LogP contribution in [-0.4, -0.2) is 34.3 Å². The van der Waals surface area contributed by atoms with Gasteiger partial charge in [0, 0.05) is 17.4 Å². The molecule has 1 saturated heterocycles. The number of carbonyl (C=O) groups excluding carboxylic acids is 2. The van der Waals surface area contributed by atoms with Crippen molar-refractivity contribution in [1.29, 1.82) is 0 Å². The Hall–Kier alpha value is -1.69. The highest BCUT2D eigenvalue weighted by atomic mass is 79.9. The van der Waals surface area contributed by atoms with Gasteiger partial charge in [0.05, 0.1) is 11.5 Å². The molecule has 1 atom stereocenters. The van der Waals surface area contributed by atoms with Crippen molar-refractivity contribution in [2.45, 2.75) is 12.8 Å². The van der Waals surface area contributed by atoms with E-state index in [9.17, 15) is 14.4 Å². The first-order valence-corrected chi connectivity index (χ1v) is 6.62. The minimum absolute atomic E-state index is 0.120. The van der Waals surface area contributed by atoms with Crippen molar-refractivity contribution < 1.29 is 19.5 Å². The average molecular weight is 326 g/mol. The number of amides is 2. The van der Waals surface area contributed by atoms with Crippen LogP contribution >= 0.6 is 15.9 Å². The molecule has 6 heteroatoms. The van der Waals surface area contributed by atoms with Crippen LogP contribution in [0, 0.1) is 5.92 Å². The maximum absolute atomic E-state index is 12.2. The highest BCUT2D eigenvalue weighted by molar-refractivity contribution is 9.10. The Bertz CT molecular complexity index is 543. The minimum atomic E-state index is -0.985. The lowest BCUT2D eigenvalue weighted by molar-refractivity contribution is -0.148. The van der Waals surface area contributed by atoms with Crippen molar-refractivity contribution in [2.24, 2.45) is 5.92 Å². The topological polar surface area (TPSA) is 74.7 Å². The Kier molecular flexibility index (Phi) is 3.99. The van der Waals surface area contributed by atoms with Gasteiger partial charge in [0.15, 0.2) is 0 Å². The number of halogens is 1. The summed E-state index contributed by atoms with van der Waals surface area (Å²) in [6.45, 7) is 0.149. The van der Waals surface area contributed by atoms with Crippen molar-refractivity contribution in [3.63, 3.8) is 0 Å². The van der Waals surface area contributed by atoms with E-state index in [2.05, 4.69) is 15.9 Å². The van der Waals surface area contributed by atoms with Gasteiger partial charge in [-0.2, -0.15) is 0 Å². The molecule has 2 amide bonds. The predicted octanol–water partition coefficient (Wildman–Crippen LogP) is 1.91. The fourth-order valence-corrected chi connectivity index (χ4v) is 2.49. The van der Waals surface area contributed by atoms with Gasteiger partial charge in [-0.1, -0.05) is 12.1 Å². The molecule has 0 radical (unpaired) electrons. The molecule has 0 bridgehead atoms. The molecule has 19 heavy (non-hydrogen) atoms. The Morgan fingerprint density at radius 1 is 1.32 bits per heavy atom. The predicted molar refractivity (Wildman–Crippen MR) is 70.5 cm³/mol. The number of carboxylic acids is 1. The zero-order chi connectivity index (χ0) is 14.0. The molecule has 1 aliphatic rings. The largest absolute Gasteiger partial charge is 0.481 e. The first-order valence-electron chi connectivity index (χ1n) is 5.82. The molecule has 1 aromatic carbocycles. The molecule has 2 rings (SSSR count). The molecule has 1 N–H and O–H groups in total. The van der Waals surface area contributed by atoms with Gasteiger partial charge in [-0.3, -0.25) is 19.3 Å². The van der Waals surface area contributed by atoms with E-state index in [1.165, 1.54) is 0 Å². The number of carbonyl (C=O) groups is 3. The second-order valence-corrected chi connectivity index (χ2v) is 5.21. The standard InChI is InChI=1S/C13H12BrNO4/c14-10-4-2-1-3-9(10)12(17)15-6-5-8(13(18)19)7-11(15)16/h1-4,8H,5-7H2,(H,18,19). The molecule has 0 spiro atoms. The third-order valence-corrected chi connectivity index (χ3v) is 3.81. The molecule has 1 heterocycles. The van der Waals surface area contributed by atoms with E-state index in [0.29, 0.717) is 16.5 Å². The quantitative estimate of drug-likeness (QED) is 0.843. The van der Waals surface area contributed by atoms with Gasteiger partial charge in [-0.05, 0) is 34.5 Å². The summed E-state index contributed by atoms with van der Waals surface area (Å²) in [7, 11) is 0. The summed E-state index contributed by atoms with van der Waals surface area (Å²) in [5.41, 5.74) is 0.407. The molecular weight excluding hydrogens is 314 g/mol.